The van der Waals surface area contributed by atoms with E-state index in [1.54, 1.807) is 10.7 Å². The van der Waals surface area contributed by atoms with Crippen LogP contribution in [-0.4, -0.2) is 14.7 Å². The molecule has 0 atom stereocenters. The van der Waals surface area contributed by atoms with Crippen molar-refractivity contribution in [2.45, 2.75) is 6.04 Å². The average Bonchev–Trinajstić information content (AvgIpc) is 2.65. The summed E-state index contributed by atoms with van der Waals surface area (Å²) in [5, 5.41) is 15.9. The standard InChI is InChI=1S/C14H10ClN3O2/c15-14-12-9-11(18(19)20)7-8-13(12)17(16-14)10-5-3-1-2-4-6-10/h1-10H. The Balaban J connectivity index is 2.16. The summed E-state index contributed by atoms with van der Waals surface area (Å²) in [5.41, 5.74) is 0.773. The number of non-ortho nitro benzene ring substituents is 1. The van der Waals surface area contributed by atoms with E-state index in [0.717, 1.165) is 5.52 Å². The molecule has 0 unspecified atom stereocenters. The second-order valence-corrected chi connectivity index (χ2v) is 4.70. The van der Waals surface area contributed by atoms with Gasteiger partial charge in [0, 0.05) is 17.5 Å². The van der Waals surface area contributed by atoms with Gasteiger partial charge in [-0.3, -0.25) is 14.8 Å². The highest BCUT2D eigenvalue weighted by molar-refractivity contribution is 6.34. The molecule has 0 saturated heterocycles. The molecule has 0 amide bonds. The number of benzene rings is 1. The molecule has 1 aromatic carbocycles. The van der Waals surface area contributed by atoms with Gasteiger partial charge < -0.3 is 0 Å². The molecular weight excluding hydrogens is 278 g/mol. The first kappa shape index (κ1) is 12.6. The number of hydrogen-bond acceptors (Lipinski definition) is 3. The molecule has 2 aromatic rings. The second-order valence-electron chi connectivity index (χ2n) is 4.34. The molecule has 1 aromatic heterocycles. The summed E-state index contributed by atoms with van der Waals surface area (Å²) in [4.78, 5) is 10.4. The number of nitro groups is 1. The highest BCUT2D eigenvalue weighted by Crippen LogP contribution is 2.30. The molecule has 100 valence electrons. The monoisotopic (exact) mass is 287 g/mol. The van der Waals surface area contributed by atoms with Crippen LogP contribution in [0.15, 0.2) is 54.7 Å². The van der Waals surface area contributed by atoms with Gasteiger partial charge in [0.2, 0.25) is 0 Å². The minimum absolute atomic E-state index is 0.00701. The Bertz CT molecular complexity index is 758. The van der Waals surface area contributed by atoms with Gasteiger partial charge in [0.25, 0.3) is 5.69 Å². The van der Waals surface area contributed by atoms with Crippen LogP contribution in [0.25, 0.3) is 10.9 Å². The third-order valence-corrected chi connectivity index (χ3v) is 3.37. The fourth-order valence-corrected chi connectivity index (χ4v) is 2.38. The maximum absolute atomic E-state index is 10.8. The first-order valence-electron chi connectivity index (χ1n) is 6.00. The van der Waals surface area contributed by atoms with Crippen molar-refractivity contribution in [3.05, 3.63) is 69.9 Å². The molecule has 1 aliphatic carbocycles. The molecule has 0 fully saturated rings. The lowest BCUT2D eigenvalue weighted by Crippen LogP contribution is -2.05. The van der Waals surface area contributed by atoms with Crippen molar-refractivity contribution >= 4 is 28.2 Å². The largest absolute Gasteiger partial charge is 0.270 e. The molecule has 3 rings (SSSR count). The van der Waals surface area contributed by atoms with Crippen molar-refractivity contribution in [3.8, 4) is 0 Å². The summed E-state index contributed by atoms with van der Waals surface area (Å²) >= 11 is 6.10. The molecular formula is C14H10ClN3O2. The van der Waals surface area contributed by atoms with Crippen LogP contribution < -0.4 is 0 Å². The van der Waals surface area contributed by atoms with Gasteiger partial charge in [-0.1, -0.05) is 48.1 Å². The molecule has 0 saturated carbocycles. The molecule has 0 aliphatic heterocycles. The Morgan fingerprint density at radius 1 is 1.20 bits per heavy atom. The summed E-state index contributed by atoms with van der Waals surface area (Å²) in [6.07, 6.45) is 11.7. The van der Waals surface area contributed by atoms with Crippen LogP contribution in [0.2, 0.25) is 5.15 Å². The zero-order chi connectivity index (χ0) is 14.1. The van der Waals surface area contributed by atoms with Crippen molar-refractivity contribution in [2.24, 2.45) is 0 Å². The molecule has 6 heteroatoms. The first-order chi connectivity index (χ1) is 9.66. The van der Waals surface area contributed by atoms with E-state index in [4.69, 9.17) is 11.6 Å². The lowest BCUT2D eigenvalue weighted by Gasteiger charge is -2.09. The summed E-state index contributed by atoms with van der Waals surface area (Å²) in [7, 11) is 0. The van der Waals surface area contributed by atoms with Gasteiger partial charge in [-0.05, 0) is 6.07 Å². The Morgan fingerprint density at radius 3 is 2.55 bits per heavy atom. The van der Waals surface area contributed by atoms with Gasteiger partial charge in [-0.2, -0.15) is 5.10 Å². The van der Waals surface area contributed by atoms with Crippen molar-refractivity contribution in [2.75, 3.05) is 0 Å². The summed E-state index contributed by atoms with van der Waals surface area (Å²) in [6, 6.07) is 4.51. The molecule has 0 spiro atoms. The van der Waals surface area contributed by atoms with E-state index >= 15 is 0 Å². The van der Waals surface area contributed by atoms with Gasteiger partial charge in [-0.25, -0.2) is 0 Å². The number of aromatic nitrogens is 2. The van der Waals surface area contributed by atoms with Gasteiger partial charge in [0.15, 0.2) is 5.15 Å². The topological polar surface area (TPSA) is 61.0 Å². The Kier molecular flexibility index (Phi) is 3.12. The number of nitro benzene ring substituents is 1. The lowest BCUT2D eigenvalue weighted by atomic mass is 10.2. The minimum Gasteiger partial charge on any atom is -0.258 e. The van der Waals surface area contributed by atoms with Gasteiger partial charge in [-0.15, -0.1) is 0 Å². The lowest BCUT2D eigenvalue weighted by molar-refractivity contribution is -0.384. The predicted octanol–water partition coefficient (Wildman–Crippen LogP) is 3.82. The van der Waals surface area contributed by atoms with Crippen LogP contribution in [0.5, 0.6) is 0 Å². The van der Waals surface area contributed by atoms with E-state index in [0.29, 0.717) is 5.39 Å². The van der Waals surface area contributed by atoms with Crippen molar-refractivity contribution in [1.82, 2.24) is 9.78 Å². The second kappa shape index (κ2) is 4.94. The summed E-state index contributed by atoms with van der Waals surface area (Å²) < 4.78 is 1.75. The zero-order valence-corrected chi connectivity index (χ0v) is 11.1. The summed E-state index contributed by atoms with van der Waals surface area (Å²) in [5.74, 6) is 0. The average molecular weight is 288 g/mol. The van der Waals surface area contributed by atoms with Crippen molar-refractivity contribution < 1.29 is 4.92 Å². The molecule has 20 heavy (non-hydrogen) atoms. The van der Waals surface area contributed by atoms with Crippen LogP contribution >= 0.6 is 11.6 Å². The highest BCUT2D eigenvalue weighted by Gasteiger charge is 2.16. The SMILES string of the molecule is O=[N+]([O-])c1ccc2c(c1)c(Cl)nn2C1C=CC=CC=C1. The number of allylic oxidation sites excluding steroid dienone is 6. The Hall–Kier alpha value is -2.40. The number of rotatable bonds is 2. The van der Waals surface area contributed by atoms with E-state index in [9.17, 15) is 10.1 Å². The summed E-state index contributed by atoms with van der Waals surface area (Å²) in [6.45, 7) is 0. The van der Waals surface area contributed by atoms with E-state index in [1.807, 2.05) is 36.5 Å². The molecule has 1 heterocycles. The zero-order valence-electron chi connectivity index (χ0n) is 10.3. The van der Waals surface area contributed by atoms with Crippen LogP contribution in [-0.2, 0) is 0 Å². The van der Waals surface area contributed by atoms with Crippen LogP contribution in [0.1, 0.15) is 6.04 Å². The van der Waals surface area contributed by atoms with Crippen molar-refractivity contribution in [1.29, 1.82) is 0 Å². The first-order valence-corrected chi connectivity index (χ1v) is 6.38. The number of halogens is 1. The molecule has 1 aliphatic rings. The smallest absolute Gasteiger partial charge is 0.258 e. The molecule has 0 N–H and O–H groups in total. The van der Waals surface area contributed by atoms with Crippen LogP contribution in [0.4, 0.5) is 5.69 Å². The van der Waals surface area contributed by atoms with Crippen molar-refractivity contribution in [3.63, 3.8) is 0 Å². The van der Waals surface area contributed by atoms with E-state index < -0.39 is 4.92 Å². The van der Waals surface area contributed by atoms with Gasteiger partial charge in [0.1, 0.15) is 0 Å². The fourth-order valence-electron chi connectivity index (χ4n) is 2.14. The highest BCUT2D eigenvalue weighted by atomic mass is 35.5. The maximum atomic E-state index is 10.8. The van der Waals surface area contributed by atoms with Crippen LogP contribution in [0.3, 0.4) is 0 Å². The Morgan fingerprint density at radius 2 is 1.90 bits per heavy atom. The van der Waals surface area contributed by atoms with E-state index in [1.165, 1.54) is 12.1 Å². The van der Waals surface area contributed by atoms with E-state index in [-0.39, 0.29) is 16.9 Å². The fraction of sp³-hybridized carbons (Fsp3) is 0.0714. The molecule has 5 nitrogen and oxygen atoms in total. The number of hydrogen-bond donors (Lipinski definition) is 0. The minimum atomic E-state index is -0.442. The molecule has 0 radical (unpaired) electrons. The van der Waals surface area contributed by atoms with Gasteiger partial charge in [0.05, 0.1) is 16.5 Å². The maximum Gasteiger partial charge on any atom is 0.270 e. The Labute approximate surface area is 119 Å². The number of fused-ring (bicyclic) bond motifs is 1. The number of nitrogens with zero attached hydrogens (tertiary/aromatic N) is 3. The van der Waals surface area contributed by atoms with Crippen LogP contribution in [0, 0.1) is 10.1 Å². The molecule has 0 bridgehead atoms. The third kappa shape index (κ3) is 2.12. The van der Waals surface area contributed by atoms with Gasteiger partial charge >= 0.3 is 0 Å². The quantitative estimate of drug-likeness (QED) is 0.623. The predicted molar refractivity (Wildman–Crippen MR) is 77.9 cm³/mol. The van der Waals surface area contributed by atoms with E-state index in [2.05, 4.69) is 5.10 Å². The third-order valence-electron chi connectivity index (χ3n) is 3.09. The normalized spacial score (nSPS) is 14.8.